The van der Waals surface area contributed by atoms with E-state index in [0.29, 0.717) is 11.3 Å². The van der Waals surface area contributed by atoms with Crippen LogP contribution in [0, 0.1) is 24.1 Å². The third-order valence-electron chi connectivity index (χ3n) is 2.46. The van der Waals surface area contributed by atoms with Crippen molar-refractivity contribution in [3.63, 3.8) is 0 Å². The third kappa shape index (κ3) is 2.25. The van der Waals surface area contributed by atoms with Crippen LogP contribution in [0.4, 0.5) is 10.1 Å². The second-order valence-electron chi connectivity index (χ2n) is 3.87. The number of anilines is 1. The van der Waals surface area contributed by atoms with Crippen LogP contribution in [0.15, 0.2) is 36.4 Å². The highest BCUT2D eigenvalue weighted by Crippen LogP contribution is 2.32. The maximum Gasteiger partial charge on any atom is 0.185 e. The van der Waals surface area contributed by atoms with Crippen LogP contribution in [0.25, 0.3) is 0 Å². The molecule has 0 saturated heterocycles. The molecule has 0 radical (unpaired) electrons. The minimum Gasteiger partial charge on any atom is -0.451 e. The first-order valence-corrected chi connectivity index (χ1v) is 5.34. The minimum absolute atomic E-state index is 0.0575. The molecule has 0 spiro atoms. The fraction of sp³-hybridized carbons (Fsp3) is 0.0714. The van der Waals surface area contributed by atoms with Gasteiger partial charge < -0.3 is 10.5 Å². The van der Waals surface area contributed by atoms with Crippen molar-refractivity contribution in [2.75, 3.05) is 5.73 Å². The number of hydrogen-bond donors (Lipinski definition) is 1. The second-order valence-corrected chi connectivity index (χ2v) is 3.87. The van der Waals surface area contributed by atoms with E-state index >= 15 is 0 Å². The maximum atomic E-state index is 13.6. The standard InChI is InChI=1S/C14H11FN2O/c1-9-5-6-13(10(7-9)8-16)18-14-11(15)3-2-4-12(14)17/h2-7H,17H2,1H3. The first kappa shape index (κ1) is 11.9. The van der Waals surface area contributed by atoms with Crippen LogP contribution >= 0.6 is 0 Å². The maximum absolute atomic E-state index is 13.6. The highest BCUT2D eigenvalue weighted by Gasteiger charge is 2.11. The molecule has 0 aliphatic carbocycles. The number of rotatable bonds is 2. The molecule has 2 aromatic rings. The van der Waals surface area contributed by atoms with E-state index in [2.05, 4.69) is 0 Å². The molecule has 0 aliphatic rings. The Balaban J connectivity index is 2.44. The van der Waals surface area contributed by atoms with E-state index in [9.17, 15) is 4.39 Å². The summed E-state index contributed by atoms with van der Waals surface area (Å²) in [6, 6.07) is 11.4. The van der Waals surface area contributed by atoms with E-state index in [-0.39, 0.29) is 11.4 Å². The van der Waals surface area contributed by atoms with Crippen molar-refractivity contribution in [1.82, 2.24) is 0 Å². The second kappa shape index (κ2) is 4.76. The Hall–Kier alpha value is -2.54. The van der Waals surface area contributed by atoms with Crippen molar-refractivity contribution in [3.8, 4) is 17.6 Å². The number of nitrogen functional groups attached to an aromatic ring is 1. The van der Waals surface area contributed by atoms with Crippen molar-refractivity contribution < 1.29 is 9.13 Å². The first-order valence-electron chi connectivity index (χ1n) is 5.34. The van der Waals surface area contributed by atoms with Gasteiger partial charge in [0, 0.05) is 0 Å². The molecular formula is C14H11FN2O. The number of para-hydroxylation sites is 1. The molecule has 2 N–H and O–H groups in total. The summed E-state index contributed by atoms with van der Waals surface area (Å²) in [5.41, 5.74) is 7.11. The van der Waals surface area contributed by atoms with E-state index in [0.717, 1.165) is 5.56 Å². The number of halogens is 1. The average Bonchev–Trinajstić information content (AvgIpc) is 2.35. The molecule has 0 atom stereocenters. The van der Waals surface area contributed by atoms with Gasteiger partial charge in [0.15, 0.2) is 11.6 Å². The molecule has 0 bridgehead atoms. The lowest BCUT2D eigenvalue weighted by Gasteiger charge is -2.10. The highest BCUT2D eigenvalue weighted by atomic mass is 19.1. The summed E-state index contributed by atoms with van der Waals surface area (Å²) in [5, 5.41) is 9.00. The molecule has 0 saturated carbocycles. The molecule has 0 heterocycles. The summed E-state index contributed by atoms with van der Waals surface area (Å²) in [6.07, 6.45) is 0. The molecule has 0 aliphatic heterocycles. The molecule has 2 rings (SSSR count). The van der Waals surface area contributed by atoms with Gasteiger partial charge >= 0.3 is 0 Å². The van der Waals surface area contributed by atoms with E-state index in [1.54, 1.807) is 24.3 Å². The Bertz CT molecular complexity index is 612. The summed E-state index contributed by atoms with van der Waals surface area (Å²) in [5.74, 6) is -0.322. The van der Waals surface area contributed by atoms with Crippen molar-refractivity contribution in [3.05, 3.63) is 53.3 Å². The molecule has 0 aromatic heterocycles. The summed E-state index contributed by atoms with van der Waals surface area (Å²) in [6.45, 7) is 1.86. The molecule has 3 nitrogen and oxygen atoms in total. The lowest BCUT2D eigenvalue weighted by atomic mass is 10.1. The normalized spacial score (nSPS) is 9.83. The Morgan fingerprint density at radius 1 is 1.28 bits per heavy atom. The van der Waals surface area contributed by atoms with Crippen molar-refractivity contribution in [1.29, 1.82) is 5.26 Å². The first-order chi connectivity index (χ1) is 8.61. The molecule has 90 valence electrons. The molecule has 0 amide bonds. The number of aryl methyl sites for hydroxylation is 1. The zero-order valence-electron chi connectivity index (χ0n) is 9.77. The fourth-order valence-corrected chi connectivity index (χ4v) is 1.56. The van der Waals surface area contributed by atoms with Gasteiger partial charge in [-0.25, -0.2) is 4.39 Å². The van der Waals surface area contributed by atoms with Gasteiger partial charge in [-0.15, -0.1) is 0 Å². The van der Waals surface area contributed by atoms with Crippen LogP contribution in [-0.2, 0) is 0 Å². The molecular weight excluding hydrogens is 231 g/mol. The molecule has 0 fully saturated rings. The van der Waals surface area contributed by atoms with Crippen LogP contribution in [0.5, 0.6) is 11.5 Å². The van der Waals surface area contributed by atoms with Gasteiger partial charge in [-0.2, -0.15) is 5.26 Å². The zero-order chi connectivity index (χ0) is 13.1. The Labute approximate surface area is 104 Å². The lowest BCUT2D eigenvalue weighted by molar-refractivity contribution is 0.443. The molecule has 2 aromatic carbocycles. The predicted octanol–water partition coefficient (Wildman–Crippen LogP) is 3.38. The van der Waals surface area contributed by atoms with Gasteiger partial charge in [-0.1, -0.05) is 12.1 Å². The van der Waals surface area contributed by atoms with Crippen LogP contribution in [0.2, 0.25) is 0 Å². The van der Waals surface area contributed by atoms with Crippen molar-refractivity contribution in [2.24, 2.45) is 0 Å². The van der Waals surface area contributed by atoms with Gasteiger partial charge in [-0.05, 0) is 36.8 Å². The quantitative estimate of drug-likeness (QED) is 0.821. The molecule has 0 unspecified atom stereocenters. The van der Waals surface area contributed by atoms with Gasteiger partial charge in [-0.3, -0.25) is 0 Å². The van der Waals surface area contributed by atoms with E-state index in [4.69, 9.17) is 15.7 Å². The third-order valence-corrected chi connectivity index (χ3v) is 2.46. The Morgan fingerprint density at radius 3 is 2.72 bits per heavy atom. The van der Waals surface area contributed by atoms with Gasteiger partial charge in [0.25, 0.3) is 0 Å². The summed E-state index contributed by atoms with van der Waals surface area (Å²) in [7, 11) is 0. The van der Waals surface area contributed by atoms with Crippen LogP contribution in [0.1, 0.15) is 11.1 Å². The smallest absolute Gasteiger partial charge is 0.185 e. The van der Waals surface area contributed by atoms with Crippen molar-refractivity contribution >= 4 is 5.69 Å². The number of nitriles is 1. The molecule has 18 heavy (non-hydrogen) atoms. The van der Waals surface area contributed by atoms with Gasteiger partial charge in [0.1, 0.15) is 11.8 Å². The number of hydrogen-bond acceptors (Lipinski definition) is 3. The number of nitrogens with zero attached hydrogens (tertiary/aromatic N) is 1. The van der Waals surface area contributed by atoms with E-state index in [1.807, 2.05) is 13.0 Å². The summed E-state index contributed by atoms with van der Waals surface area (Å²) >= 11 is 0. The fourth-order valence-electron chi connectivity index (χ4n) is 1.56. The summed E-state index contributed by atoms with van der Waals surface area (Å²) in [4.78, 5) is 0. The van der Waals surface area contributed by atoms with Crippen LogP contribution in [-0.4, -0.2) is 0 Å². The van der Waals surface area contributed by atoms with E-state index in [1.165, 1.54) is 12.1 Å². The number of benzene rings is 2. The molecule has 4 heteroatoms. The van der Waals surface area contributed by atoms with Crippen molar-refractivity contribution in [2.45, 2.75) is 6.92 Å². The average molecular weight is 242 g/mol. The monoisotopic (exact) mass is 242 g/mol. The summed E-state index contributed by atoms with van der Waals surface area (Å²) < 4.78 is 19.0. The van der Waals surface area contributed by atoms with Gasteiger partial charge in [0.05, 0.1) is 11.3 Å². The zero-order valence-corrected chi connectivity index (χ0v) is 9.77. The Morgan fingerprint density at radius 2 is 2.06 bits per heavy atom. The SMILES string of the molecule is Cc1ccc(Oc2c(N)cccc2F)c(C#N)c1. The minimum atomic E-state index is -0.556. The van der Waals surface area contributed by atoms with E-state index < -0.39 is 5.82 Å². The largest absolute Gasteiger partial charge is 0.451 e. The van der Waals surface area contributed by atoms with Gasteiger partial charge in [0.2, 0.25) is 0 Å². The predicted molar refractivity (Wildman–Crippen MR) is 66.8 cm³/mol. The lowest BCUT2D eigenvalue weighted by Crippen LogP contribution is -1.96. The topological polar surface area (TPSA) is 59.0 Å². The number of ether oxygens (including phenoxy) is 1. The van der Waals surface area contributed by atoms with Crippen LogP contribution < -0.4 is 10.5 Å². The Kier molecular flexibility index (Phi) is 3.16. The number of nitrogens with two attached hydrogens (primary N) is 1. The highest BCUT2D eigenvalue weighted by molar-refractivity contribution is 5.56. The van der Waals surface area contributed by atoms with Crippen LogP contribution in [0.3, 0.4) is 0 Å².